The van der Waals surface area contributed by atoms with Crippen LogP contribution in [0.4, 0.5) is 5.69 Å². The van der Waals surface area contributed by atoms with Crippen LogP contribution in [-0.4, -0.2) is 48.9 Å². The first-order valence-electron chi connectivity index (χ1n) is 9.33. The number of amides is 2. The van der Waals surface area contributed by atoms with Crippen LogP contribution < -0.4 is 4.90 Å². The second-order valence-electron chi connectivity index (χ2n) is 6.86. The van der Waals surface area contributed by atoms with Crippen LogP contribution in [0.5, 0.6) is 0 Å². The minimum absolute atomic E-state index is 0.176. The molecule has 1 aromatic carbocycles. The molecule has 28 heavy (non-hydrogen) atoms. The number of anilines is 1. The van der Waals surface area contributed by atoms with Crippen molar-refractivity contribution in [2.75, 3.05) is 25.0 Å². The van der Waals surface area contributed by atoms with E-state index in [1.165, 1.54) is 11.2 Å². The third kappa shape index (κ3) is 4.42. The van der Waals surface area contributed by atoms with Crippen molar-refractivity contribution in [2.24, 2.45) is 5.92 Å². The summed E-state index contributed by atoms with van der Waals surface area (Å²) in [5, 5.41) is 0. The monoisotopic (exact) mass is 384 g/mol. The van der Waals surface area contributed by atoms with E-state index in [4.69, 9.17) is 9.15 Å². The molecule has 2 amide bonds. The summed E-state index contributed by atoms with van der Waals surface area (Å²) in [6, 6.07) is 12.5. The molecule has 1 aliphatic rings. The second kappa shape index (κ2) is 8.73. The molecule has 3 rings (SSSR count). The fourth-order valence-electron chi connectivity index (χ4n) is 3.25. The first kappa shape index (κ1) is 19.7. The van der Waals surface area contributed by atoms with Gasteiger partial charge in [0, 0.05) is 25.8 Å². The molecule has 1 aromatic heterocycles. The topological polar surface area (TPSA) is 80.1 Å². The molecule has 7 nitrogen and oxygen atoms in total. The number of benzene rings is 1. The molecule has 0 spiro atoms. The van der Waals surface area contributed by atoms with Crippen molar-refractivity contribution in [3.8, 4) is 0 Å². The van der Waals surface area contributed by atoms with Crippen molar-refractivity contribution in [1.29, 1.82) is 0 Å². The molecule has 0 radical (unpaired) electrons. The Bertz CT molecular complexity index is 811. The number of carbonyl (C=O) groups excluding carboxylic acids is 3. The highest BCUT2D eigenvalue weighted by molar-refractivity contribution is 5.97. The average Bonchev–Trinajstić information content (AvgIpc) is 3.27. The van der Waals surface area contributed by atoms with Gasteiger partial charge in [-0.3, -0.25) is 14.4 Å². The molecule has 7 heteroatoms. The lowest BCUT2D eigenvalue weighted by atomic mass is 9.97. The van der Waals surface area contributed by atoms with Gasteiger partial charge in [0.25, 0.3) is 11.8 Å². The van der Waals surface area contributed by atoms with Gasteiger partial charge in [0.15, 0.2) is 11.9 Å². The van der Waals surface area contributed by atoms with Crippen molar-refractivity contribution in [3.05, 3.63) is 54.5 Å². The largest absolute Gasteiger partial charge is 0.459 e. The van der Waals surface area contributed by atoms with Crippen LogP contribution in [-0.2, 0) is 14.3 Å². The van der Waals surface area contributed by atoms with Crippen LogP contribution in [0.3, 0.4) is 0 Å². The predicted molar refractivity (Wildman–Crippen MR) is 103 cm³/mol. The number of carbonyl (C=O) groups is 3. The van der Waals surface area contributed by atoms with E-state index < -0.39 is 12.1 Å². The number of esters is 1. The van der Waals surface area contributed by atoms with E-state index in [9.17, 15) is 14.4 Å². The maximum absolute atomic E-state index is 12.5. The van der Waals surface area contributed by atoms with Crippen LogP contribution in [0, 0.1) is 5.92 Å². The maximum Gasteiger partial charge on any atom is 0.309 e. The molecule has 2 heterocycles. The summed E-state index contributed by atoms with van der Waals surface area (Å²) in [7, 11) is 1.65. The number of nitrogens with zero attached hydrogens (tertiary/aromatic N) is 2. The summed E-state index contributed by atoms with van der Waals surface area (Å²) in [5.74, 6) is -0.885. The van der Waals surface area contributed by atoms with E-state index >= 15 is 0 Å². The zero-order valence-electron chi connectivity index (χ0n) is 16.0. The van der Waals surface area contributed by atoms with E-state index in [1.54, 1.807) is 31.0 Å². The van der Waals surface area contributed by atoms with Crippen LogP contribution >= 0.6 is 0 Å². The molecule has 0 saturated carbocycles. The number of piperidine rings is 1. The van der Waals surface area contributed by atoms with Crippen LogP contribution in [0.2, 0.25) is 0 Å². The smallest absolute Gasteiger partial charge is 0.309 e. The summed E-state index contributed by atoms with van der Waals surface area (Å²) in [5.41, 5.74) is 0.736. The second-order valence-corrected chi connectivity index (χ2v) is 6.86. The Morgan fingerprint density at radius 1 is 1.11 bits per heavy atom. The normalized spacial score (nSPS) is 15.7. The number of hydrogen-bond acceptors (Lipinski definition) is 5. The lowest BCUT2D eigenvalue weighted by Gasteiger charge is -2.31. The lowest BCUT2D eigenvalue weighted by Crippen LogP contribution is -2.42. The highest BCUT2D eigenvalue weighted by Crippen LogP contribution is 2.22. The van der Waals surface area contributed by atoms with Gasteiger partial charge < -0.3 is 19.0 Å². The zero-order chi connectivity index (χ0) is 20.1. The van der Waals surface area contributed by atoms with Gasteiger partial charge in [0.1, 0.15) is 0 Å². The Morgan fingerprint density at radius 3 is 2.39 bits per heavy atom. The Morgan fingerprint density at radius 2 is 1.79 bits per heavy atom. The number of likely N-dealkylation sites (tertiary alicyclic amines) is 1. The maximum atomic E-state index is 12.5. The van der Waals surface area contributed by atoms with Crippen molar-refractivity contribution < 1.29 is 23.5 Å². The predicted octanol–water partition coefficient (Wildman–Crippen LogP) is 2.73. The van der Waals surface area contributed by atoms with Gasteiger partial charge in [-0.2, -0.15) is 0 Å². The quantitative estimate of drug-likeness (QED) is 0.741. The van der Waals surface area contributed by atoms with Gasteiger partial charge in [-0.1, -0.05) is 18.2 Å². The lowest BCUT2D eigenvalue weighted by molar-refractivity contribution is -0.159. The van der Waals surface area contributed by atoms with Crippen molar-refractivity contribution in [3.63, 3.8) is 0 Å². The summed E-state index contributed by atoms with van der Waals surface area (Å²) in [4.78, 5) is 40.4. The van der Waals surface area contributed by atoms with Gasteiger partial charge in [-0.15, -0.1) is 0 Å². The third-order valence-corrected chi connectivity index (χ3v) is 4.96. The van der Waals surface area contributed by atoms with Crippen LogP contribution in [0.25, 0.3) is 0 Å². The fraction of sp³-hybridized carbons (Fsp3) is 0.381. The Labute approximate surface area is 163 Å². The molecule has 0 N–H and O–H groups in total. The zero-order valence-corrected chi connectivity index (χ0v) is 16.0. The molecular weight excluding hydrogens is 360 g/mol. The van der Waals surface area contributed by atoms with E-state index in [-0.39, 0.29) is 17.7 Å². The van der Waals surface area contributed by atoms with Gasteiger partial charge >= 0.3 is 5.97 Å². The molecule has 1 aliphatic heterocycles. The van der Waals surface area contributed by atoms with Crippen molar-refractivity contribution in [1.82, 2.24) is 4.90 Å². The van der Waals surface area contributed by atoms with E-state index in [2.05, 4.69) is 0 Å². The molecule has 1 atom stereocenters. The summed E-state index contributed by atoms with van der Waals surface area (Å²) in [6.07, 6.45) is 1.59. The van der Waals surface area contributed by atoms with Gasteiger partial charge in [0.2, 0.25) is 0 Å². The van der Waals surface area contributed by atoms with Crippen LogP contribution in [0.1, 0.15) is 30.3 Å². The van der Waals surface area contributed by atoms with Crippen molar-refractivity contribution >= 4 is 23.5 Å². The van der Waals surface area contributed by atoms with Gasteiger partial charge in [-0.05, 0) is 44.0 Å². The minimum atomic E-state index is -0.875. The number of para-hydroxylation sites is 1. The summed E-state index contributed by atoms with van der Waals surface area (Å²) < 4.78 is 10.5. The van der Waals surface area contributed by atoms with Gasteiger partial charge in [0.05, 0.1) is 12.2 Å². The SMILES string of the molecule is CC(OC(=O)C1CCN(C(=O)c2ccco2)CC1)C(=O)N(C)c1ccccc1. The molecule has 1 unspecified atom stereocenters. The number of ether oxygens (including phenoxy) is 1. The Kier molecular flexibility index (Phi) is 6.13. The van der Waals surface area contributed by atoms with Crippen LogP contribution in [0.15, 0.2) is 53.1 Å². The van der Waals surface area contributed by atoms with Gasteiger partial charge in [-0.25, -0.2) is 0 Å². The highest BCUT2D eigenvalue weighted by Gasteiger charge is 2.32. The van der Waals surface area contributed by atoms with Crippen molar-refractivity contribution in [2.45, 2.75) is 25.9 Å². The molecule has 2 aromatic rings. The number of furan rings is 1. The first-order chi connectivity index (χ1) is 13.5. The molecule has 1 saturated heterocycles. The standard InChI is InChI=1S/C21H24N2O5/c1-15(19(24)22(2)17-7-4-3-5-8-17)28-21(26)16-10-12-23(13-11-16)20(25)18-9-6-14-27-18/h3-9,14-16H,10-13H2,1-2H3. The summed E-state index contributed by atoms with van der Waals surface area (Å²) >= 11 is 0. The average molecular weight is 384 g/mol. The molecule has 1 fully saturated rings. The fourth-order valence-corrected chi connectivity index (χ4v) is 3.25. The Hall–Kier alpha value is -3.09. The molecular formula is C21H24N2O5. The molecule has 148 valence electrons. The van der Waals surface area contributed by atoms with E-state index in [1.807, 2.05) is 30.3 Å². The van der Waals surface area contributed by atoms with E-state index in [0.717, 1.165) is 5.69 Å². The summed E-state index contributed by atoms with van der Waals surface area (Å²) in [6.45, 7) is 2.48. The molecule has 0 bridgehead atoms. The highest BCUT2D eigenvalue weighted by atomic mass is 16.5. The molecule has 0 aliphatic carbocycles. The third-order valence-electron chi connectivity index (χ3n) is 4.96. The minimum Gasteiger partial charge on any atom is -0.459 e. The first-order valence-corrected chi connectivity index (χ1v) is 9.33. The number of rotatable bonds is 5. The Balaban J connectivity index is 1.50. The number of hydrogen-bond donors (Lipinski definition) is 0. The number of likely N-dealkylation sites (N-methyl/N-ethyl adjacent to an activating group) is 1. The van der Waals surface area contributed by atoms with E-state index in [0.29, 0.717) is 31.7 Å².